The van der Waals surface area contributed by atoms with Crippen LogP contribution >= 0.6 is 0 Å². The van der Waals surface area contributed by atoms with E-state index in [0.29, 0.717) is 23.5 Å². The van der Waals surface area contributed by atoms with Crippen molar-refractivity contribution in [1.82, 2.24) is 4.31 Å². The summed E-state index contributed by atoms with van der Waals surface area (Å²) in [5, 5.41) is 2.72. The highest BCUT2D eigenvalue weighted by atomic mass is 32.2. The average Bonchev–Trinajstić information content (AvgIpc) is 2.55. The number of carbonyl (C=O) groups is 1. The molecule has 1 saturated heterocycles. The standard InChI is InChI=1S/C16H24N2O3S/c1-3-14-7-5-6-12-18(14)22(20,21)15-10-8-13(9-11-15)17-16(19)4-2/h8-11,14H,3-7,12H2,1-2H3,(H,17,19). The van der Waals surface area contributed by atoms with Gasteiger partial charge in [0.05, 0.1) is 4.90 Å². The van der Waals surface area contributed by atoms with E-state index in [1.807, 2.05) is 6.92 Å². The molecule has 2 rings (SSSR count). The van der Waals surface area contributed by atoms with Crippen molar-refractivity contribution in [2.45, 2.75) is 56.9 Å². The summed E-state index contributed by atoms with van der Waals surface area (Å²) >= 11 is 0. The fourth-order valence-corrected chi connectivity index (χ4v) is 4.56. The van der Waals surface area contributed by atoms with E-state index in [2.05, 4.69) is 5.32 Å². The third-order valence-corrected chi connectivity index (χ3v) is 6.08. The number of rotatable bonds is 5. The highest BCUT2D eigenvalue weighted by molar-refractivity contribution is 7.89. The summed E-state index contributed by atoms with van der Waals surface area (Å²) < 4.78 is 27.2. The lowest BCUT2D eigenvalue weighted by atomic mass is 10.0. The minimum Gasteiger partial charge on any atom is -0.326 e. The Morgan fingerprint density at radius 1 is 1.23 bits per heavy atom. The summed E-state index contributed by atoms with van der Waals surface area (Å²) in [6, 6.07) is 6.53. The van der Waals surface area contributed by atoms with Crippen LogP contribution in [0.4, 0.5) is 5.69 Å². The number of sulfonamides is 1. The van der Waals surface area contributed by atoms with Crippen LogP contribution in [0.5, 0.6) is 0 Å². The molecule has 0 spiro atoms. The maximum atomic E-state index is 12.8. The Hall–Kier alpha value is -1.40. The van der Waals surface area contributed by atoms with E-state index in [4.69, 9.17) is 0 Å². The first kappa shape index (κ1) is 17.0. The minimum atomic E-state index is -3.45. The van der Waals surface area contributed by atoms with Crippen LogP contribution in [0.3, 0.4) is 0 Å². The zero-order valence-electron chi connectivity index (χ0n) is 13.2. The van der Waals surface area contributed by atoms with Gasteiger partial charge in [0, 0.05) is 24.7 Å². The third kappa shape index (κ3) is 3.67. The Morgan fingerprint density at radius 3 is 2.50 bits per heavy atom. The Balaban J connectivity index is 2.20. The Kier molecular flexibility index (Phi) is 5.58. The van der Waals surface area contributed by atoms with Crippen molar-refractivity contribution < 1.29 is 13.2 Å². The Labute approximate surface area is 132 Å². The van der Waals surface area contributed by atoms with Crippen molar-refractivity contribution >= 4 is 21.6 Å². The molecule has 0 saturated carbocycles. The normalized spacial score (nSPS) is 19.8. The number of benzene rings is 1. The molecule has 1 N–H and O–H groups in total. The molecule has 1 aromatic rings. The van der Waals surface area contributed by atoms with Crippen LogP contribution in [0.25, 0.3) is 0 Å². The van der Waals surface area contributed by atoms with Crippen molar-refractivity contribution in [1.29, 1.82) is 0 Å². The van der Waals surface area contributed by atoms with E-state index in [1.54, 1.807) is 35.5 Å². The average molecular weight is 324 g/mol. The molecule has 1 aliphatic heterocycles. The third-order valence-electron chi connectivity index (χ3n) is 4.11. The number of piperidine rings is 1. The van der Waals surface area contributed by atoms with E-state index in [9.17, 15) is 13.2 Å². The van der Waals surface area contributed by atoms with Crippen LogP contribution in [-0.2, 0) is 14.8 Å². The summed E-state index contributed by atoms with van der Waals surface area (Å²) in [5.41, 5.74) is 0.622. The quantitative estimate of drug-likeness (QED) is 0.905. The largest absolute Gasteiger partial charge is 0.326 e. The lowest BCUT2D eigenvalue weighted by molar-refractivity contribution is -0.115. The maximum Gasteiger partial charge on any atom is 0.243 e. The molecular formula is C16H24N2O3S. The number of amides is 1. The summed E-state index contributed by atoms with van der Waals surface area (Å²) in [7, 11) is -3.45. The predicted molar refractivity (Wildman–Crippen MR) is 87.2 cm³/mol. The molecule has 0 aliphatic carbocycles. The summed E-state index contributed by atoms with van der Waals surface area (Å²) in [6.45, 7) is 4.40. The van der Waals surface area contributed by atoms with E-state index in [1.165, 1.54) is 0 Å². The highest BCUT2D eigenvalue weighted by Crippen LogP contribution is 2.27. The second kappa shape index (κ2) is 7.24. The second-order valence-electron chi connectivity index (χ2n) is 5.60. The summed E-state index contributed by atoms with van der Waals surface area (Å²) in [5.74, 6) is -0.0855. The lowest BCUT2D eigenvalue weighted by Crippen LogP contribution is -2.43. The number of hydrogen-bond donors (Lipinski definition) is 1. The predicted octanol–water partition coefficient (Wildman–Crippen LogP) is 2.99. The lowest BCUT2D eigenvalue weighted by Gasteiger charge is -2.34. The van der Waals surface area contributed by atoms with Gasteiger partial charge in [-0.2, -0.15) is 4.31 Å². The Bertz CT molecular complexity index is 611. The first-order chi connectivity index (χ1) is 10.5. The van der Waals surface area contributed by atoms with Crippen molar-refractivity contribution in [3.63, 3.8) is 0 Å². The van der Waals surface area contributed by atoms with Crippen LogP contribution < -0.4 is 5.32 Å². The van der Waals surface area contributed by atoms with E-state index in [0.717, 1.165) is 25.7 Å². The Morgan fingerprint density at radius 2 is 1.91 bits per heavy atom. The van der Waals surface area contributed by atoms with Gasteiger partial charge >= 0.3 is 0 Å². The van der Waals surface area contributed by atoms with Gasteiger partial charge in [0.2, 0.25) is 15.9 Å². The van der Waals surface area contributed by atoms with Gasteiger partial charge in [-0.1, -0.05) is 20.3 Å². The molecule has 122 valence electrons. The van der Waals surface area contributed by atoms with Crippen LogP contribution in [0.2, 0.25) is 0 Å². The monoisotopic (exact) mass is 324 g/mol. The van der Waals surface area contributed by atoms with Crippen LogP contribution in [0, 0.1) is 0 Å². The molecule has 1 fully saturated rings. The number of nitrogens with one attached hydrogen (secondary N) is 1. The zero-order chi connectivity index (χ0) is 16.2. The minimum absolute atomic E-state index is 0.0855. The second-order valence-corrected chi connectivity index (χ2v) is 7.49. The van der Waals surface area contributed by atoms with Crippen molar-refractivity contribution in [2.24, 2.45) is 0 Å². The summed E-state index contributed by atoms with van der Waals surface area (Å²) in [4.78, 5) is 11.6. The molecule has 1 atom stereocenters. The molecule has 0 radical (unpaired) electrons. The van der Waals surface area contributed by atoms with E-state index in [-0.39, 0.29) is 11.9 Å². The molecule has 1 aromatic carbocycles. The van der Waals surface area contributed by atoms with Gasteiger partial charge in [-0.05, 0) is 43.5 Å². The molecular weight excluding hydrogens is 300 g/mol. The molecule has 1 amide bonds. The molecule has 5 nitrogen and oxygen atoms in total. The van der Waals surface area contributed by atoms with Crippen molar-refractivity contribution in [2.75, 3.05) is 11.9 Å². The van der Waals surface area contributed by atoms with Gasteiger partial charge in [-0.3, -0.25) is 4.79 Å². The molecule has 22 heavy (non-hydrogen) atoms. The zero-order valence-corrected chi connectivity index (χ0v) is 14.0. The maximum absolute atomic E-state index is 12.8. The van der Waals surface area contributed by atoms with Gasteiger partial charge in [-0.15, -0.1) is 0 Å². The van der Waals surface area contributed by atoms with Gasteiger partial charge in [-0.25, -0.2) is 8.42 Å². The van der Waals surface area contributed by atoms with E-state index < -0.39 is 10.0 Å². The van der Waals surface area contributed by atoms with Gasteiger partial charge < -0.3 is 5.32 Å². The van der Waals surface area contributed by atoms with Crippen LogP contribution in [-0.4, -0.2) is 31.2 Å². The van der Waals surface area contributed by atoms with Gasteiger partial charge in [0.15, 0.2) is 0 Å². The molecule has 6 heteroatoms. The van der Waals surface area contributed by atoms with Gasteiger partial charge in [0.25, 0.3) is 0 Å². The topological polar surface area (TPSA) is 66.5 Å². The highest BCUT2D eigenvalue weighted by Gasteiger charge is 2.32. The van der Waals surface area contributed by atoms with Crippen LogP contribution in [0.15, 0.2) is 29.2 Å². The fourth-order valence-electron chi connectivity index (χ4n) is 2.79. The number of carbonyl (C=O) groups excluding carboxylic acids is 1. The molecule has 0 aromatic heterocycles. The number of hydrogen-bond acceptors (Lipinski definition) is 3. The molecule has 0 bridgehead atoms. The molecule has 1 aliphatic rings. The number of anilines is 1. The molecule has 1 unspecified atom stereocenters. The SMILES string of the molecule is CCC(=O)Nc1ccc(S(=O)(=O)N2CCCCC2CC)cc1. The fraction of sp³-hybridized carbons (Fsp3) is 0.562. The summed E-state index contributed by atoms with van der Waals surface area (Å²) in [6.07, 6.45) is 4.17. The molecule has 1 heterocycles. The van der Waals surface area contributed by atoms with Gasteiger partial charge in [0.1, 0.15) is 0 Å². The van der Waals surface area contributed by atoms with E-state index >= 15 is 0 Å². The number of nitrogens with zero attached hydrogens (tertiary/aromatic N) is 1. The first-order valence-corrected chi connectivity index (χ1v) is 9.34. The van der Waals surface area contributed by atoms with Crippen LogP contribution in [0.1, 0.15) is 46.0 Å². The van der Waals surface area contributed by atoms with Crippen molar-refractivity contribution in [3.8, 4) is 0 Å². The smallest absolute Gasteiger partial charge is 0.243 e. The first-order valence-electron chi connectivity index (χ1n) is 7.90. The van der Waals surface area contributed by atoms with Crippen molar-refractivity contribution in [3.05, 3.63) is 24.3 Å².